The molecule has 0 aliphatic carbocycles. The van der Waals surface area contributed by atoms with Crippen molar-refractivity contribution in [3.8, 4) is 0 Å². The zero-order valence-electron chi connectivity index (χ0n) is 15.6. The largest absolute Gasteiger partial charge is 0.480 e. The van der Waals surface area contributed by atoms with Crippen LogP contribution in [0, 0.1) is 5.92 Å². The monoisotopic (exact) mass is 458 g/mol. The summed E-state index contributed by atoms with van der Waals surface area (Å²) in [6, 6.07) is 8.55. The van der Waals surface area contributed by atoms with Crippen LogP contribution in [0.5, 0.6) is 0 Å². The first kappa shape index (κ1) is 23.2. The molecule has 2 aromatic carbocycles. The predicted molar refractivity (Wildman–Crippen MR) is 112 cm³/mol. The number of benzene rings is 2. The molecule has 7 nitrogen and oxygen atoms in total. The first-order chi connectivity index (χ1) is 13.5. The van der Waals surface area contributed by atoms with Gasteiger partial charge in [0.05, 0.1) is 15.5 Å². The van der Waals surface area contributed by atoms with Crippen LogP contribution in [0.2, 0.25) is 10.0 Å². The maximum absolute atomic E-state index is 12.5. The fraction of sp³-hybridized carbons (Fsp3) is 0.263. The molecule has 2 rings (SSSR count). The molecule has 0 heterocycles. The number of carbonyl (C=O) groups is 2. The van der Waals surface area contributed by atoms with Crippen LogP contribution >= 0.6 is 23.2 Å². The number of carboxylic acids is 1. The Morgan fingerprint density at radius 1 is 1.07 bits per heavy atom. The van der Waals surface area contributed by atoms with Crippen LogP contribution in [0.4, 0.5) is 5.69 Å². The van der Waals surface area contributed by atoms with Crippen molar-refractivity contribution in [2.45, 2.75) is 31.2 Å². The third-order valence-corrected chi connectivity index (χ3v) is 5.94. The number of halogens is 2. The van der Waals surface area contributed by atoms with E-state index in [1.54, 1.807) is 13.8 Å². The highest BCUT2D eigenvalue weighted by molar-refractivity contribution is 7.89. The number of carboxylic acid groups (broad SMARTS) is 1. The maximum Gasteiger partial charge on any atom is 0.321 e. The highest BCUT2D eigenvalue weighted by Gasteiger charge is 2.26. The third kappa shape index (κ3) is 6.43. The smallest absolute Gasteiger partial charge is 0.321 e. The molecule has 0 saturated heterocycles. The topological polar surface area (TPSA) is 113 Å². The van der Waals surface area contributed by atoms with E-state index in [1.165, 1.54) is 42.5 Å². The molecule has 0 aliphatic heterocycles. The van der Waals surface area contributed by atoms with Gasteiger partial charge in [-0.2, -0.15) is 4.72 Å². The minimum Gasteiger partial charge on any atom is -0.480 e. The fourth-order valence-corrected chi connectivity index (χ4v) is 4.21. The van der Waals surface area contributed by atoms with Crippen molar-refractivity contribution >= 4 is 50.8 Å². The van der Waals surface area contributed by atoms with Gasteiger partial charge in [-0.05, 0) is 54.8 Å². The van der Waals surface area contributed by atoms with Crippen LogP contribution in [-0.4, -0.2) is 31.4 Å². The van der Waals surface area contributed by atoms with E-state index in [9.17, 15) is 23.1 Å². The van der Waals surface area contributed by atoms with Gasteiger partial charge in [0.2, 0.25) is 10.0 Å². The van der Waals surface area contributed by atoms with E-state index in [1.807, 2.05) is 0 Å². The second-order valence-electron chi connectivity index (χ2n) is 6.74. The molecule has 0 fully saturated rings. The summed E-state index contributed by atoms with van der Waals surface area (Å²) in [7, 11) is -4.04. The summed E-state index contributed by atoms with van der Waals surface area (Å²) >= 11 is 11.8. The lowest BCUT2D eigenvalue weighted by Gasteiger charge is -2.16. The molecule has 10 heteroatoms. The Bertz CT molecular complexity index is 1010. The summed E-state index contributed by atoms with van der Waals surface area (Å²) in [6.07, 6.45) is 0.157. The van der Waals surface area contributed by atoms with Crippen molar-refractivity contribution in [1.82, 2.24) is 4.72 Å². The Morgan fingerprint density at radius 2 is 1.69 bits per heavy atom. The van der Waals surface area contributed by atoms with Crippen molar-refractivity contribution in [3.05, 3.63) is 58.1 Å². The van der Waals surface area contributed by atoms with Crippen LogP contribution in [0.25, 0.3) is 0 Å². The molecule has 2 aromatic rings. The van der Waals surface area contributed by atoms with Crippen LogP contribution < -0.4 is 10.0 Å². The molecular weight excluding hydrogens is 439 g/mol. The highest BCUT2D eigenvalue weighted by Crippen LogP contribution is 2.22. The summed E-state index contributed by atoms with van der Waals surface area (Å²) in [5.74, 6) is -1.73. The molecule has 29 heavy (non-hydrogen) atoms. The summed E-state index contributed by atoms with van der Waals surface area (Å²) in [5, 5.41) is 12.4. The summed E-state index contributed by atoms with van der Waals surface area (Å²) < 4.78 is 27.1. The average Bonchev–Trinajstić information content (AvgIpc) is 2.60. The lowest BCUT2D eigenvalue weighted by atomic mass is 10.1. The van der Waals surface area contributed by atoms with Crippen LogP contribution in [0.3, 0.4) is 0 Å². The van der Waals surface area contributed by atoms with Crippen molar-refractivity contribution in [3.63, 3.8) is 0 Å². The lowest BCUT2D eigenvalue weighted by molar-refractivity contribution is -0.139. The zero-order chi connectivity index (χ0) is 21.8. The highest BCUT2D eigenvalue weighted by atomic mass is 35.5. The van der Waals surface area contributed by atoms with Gasteiger partial charge in [-0.3, -0.25) is 9.59 Å². The second kappa shape index (κ2) is 9.58. The Hall–Kier alpha value is -2.13. The SMILES string of the molecule is CC(C)C[C@H](NS(=O)(=O)c1ccc(NC(=O)c2ccc(Cl)cc2Cl)cc1)C(=O)O. The number of amides is 1. The molecule has 3 N–H and O–H groups in total. The van der Waals surface area contributed by atoms with E-state index in [-0.39, 0.29) is 27.8 Å². The zero-order valence-corrected chi connectivity index (χ0v) is 18.0. The molecule has 0 aliphatic rings. The Labute approximate surface area is 179 Å². The second-order valence-corrected chi connectivity index (χ2v) is 9.30. The fourth-order valence-electron chi connectivity index (χ4n) is 2.52. The average molecular weight is 459 g/mol. The van der Waals surface area contributed by atoms with Gasteiger partial charge < -0.3 is 10.4 Å². The molecule has 0 unspecified atom stereocenters. The van der Waals surface area contributed by atoms with E-state index in [0.717, 1.165) is 0 Å². The van der Waals surface area contributed by atoms with E-state index in [2.05, 4.69) is 10.0 Å². The van der Waals surface area contributed by atoms with Crippen molar-refractivity contribution in [2.75, 3.05) is 5.32 Å². The molecular formula is C19H20Cl2N2O5S. The molecule has 0 aromatic heterocycles. The molecule has 0 bridgehead atoms. The van der Waals surface area contributed by atoms with Gasteiger partial charge >= 0.3 is 5.97 Å². The number of anilines is 1. The molecule has 0 saturated carbocycles. The molecule has 0 radical (unpaired) electrons. The number of carbonyl (C=O) groups excluding carboxylic acids is 1. The van der Waals surface area contributed by atoms with Crippen LogP contribution in [-0.2, 0) is 14.8 Å². The summed E-state index contributed by atoms with van der Waals surface area (Å²) in [6.45, 7) is 3.60. The Kier molecular flexibility index (Phi) is 7.65. The third-order valence-electron chi connectivity index (χ3n) is 3.90. The summed E-state index contributed by atoms with van der Waals surface area (Å²) in [4.78, 5) is 23.5. The minimum atomic E-state index is -4.04. The predicted octanol–water partition coefficient (Wildman–Crippen LogP) is 4.02. The number of rotatable bonds is 8. The van der Waals surface area contributed by atoms with E-state index < -0.39 is 27.9 Å². The molecule has 0 spiro atoms. The van der Waals surface area contributed by atoms with Crippen molar-refractivity contribution in [1.29, 1.82) is 0 Å². The maximum atomic E-state index is 12.5. The Balaban J connectivity index is 2.14. The van der Waals surface area contributed by atoms with Gasteiger partial charge in [0.15, 0.2) is 0 Å². The number of hydrogen-bond donors (Lipinski definition) is 3. The van der Waals surface area contributed by atoms with Crippen LogP contribution in [0.1, 0.15) is 30.6 Å². The minimum absolute atomic E-state index is 0.00363. The molecule has 156 valence electrons. The lowest BCUT2D eigenvalue weighted by Crippen LogP contribution is -2.41. The quantitative estimate of drug-likeness (QED) is 0.552. The Morgan fingerprint density at radius 3 is 2.21 bits per heavy atom. The van der Waals surface area contributed by atoms with Gasteiger partial charge in [0.1, 0.15) is 6.04 Å². The van der Waals surface area contributed by atoms with Gasteiger partial charge in [0.25, 0.3) is 5.91 Å². The number of hydrogen-bond acceptors (Lipinski definition) is 4. The standard InChI is InChI=1S/C19H20Cl2N2O5S/c1-11(2)9-17(19(25)26)23-29(27,28)14-6-4-13(5-7-14)22-18(24)15-8-3-12(20)10-16(15)21/h3-8,10-11,17,23H,9H2,1-2H3,(H,22,24)(H,25,26)/t17-/m0/s1. The number of nitrogens with one attached hydrogen (secondary N) is 2. The van der Waals surface area contributed by atoms with Gasteiger partial charge in [0, 0.05) is 10.7 Å². The van der Waals surface area contributed by atoms with Gasteiger partial charge in [-0.1, -0.05) is 37.0 Å². The van der Waals surface area contributed by atoms with Crippen molar-refractivity contribution in [2.24, 2.45) is 5.92 Å². The summed E-state index contributed by atoms with van der Waals surface area (Å²) in [5.41, 5.74) is 0.560. The number of sulfonamides is 1. The first-order valence-electron chi connectivity index (χ1n) is 8.61. The normalized spacial score (nSPS) is 12.6. The van der Waals surface area contributed by atoms with Crippen LogP contribution in [0.15, 0.2) is 47.4 Å². The first-order valence-corrected chi connectivity index (χ1v) is 10.8. The van der Waals surface area contributed by atoms with Gasteiger partial charge in [-0.25, -0.2) is 8.42 Å². The molecule has 1 atom stereocenters. The van der Waals surface area contributed by atoms with Gasteiger partial charge in [-0.15, -0.1) is 0 Å². The molecule has 1 amide bonds. The van der Waals surface area contributed by atoms with E-state index in [0.29, 0.717) is 10.7 Å². The van der Waals surface area contributed by atoms with Crippen molar-refractivity contribution < 1.29 is 23.1 Å². The van der Waals surface area contributed by atoms with E-state index >= 15 is 0 Å². The van der Waals surface area contributed by atoms with E-state index in [4.69, 9.17) is 23.2 Å². The number of aliphatic carboxylic acids is 1.